The van der Waals surface area contributed by atoms with Crippen LogP contribution in [0.5, 0.6) is 0 Å². The highest BCUT2D eigenvalue weighted by atomic mass is 32.1. The second-order valence-corrected chi connectivity index (χ2v) is 7.32. The van der Waals surface area contributed by atoms with Crippen molar-refractivity contribution < 1.29 is 9.59 Å². The van der Waals surface area contributed by atoms with Crippen molar-refractivity contribution in [1.82, 2.24) is 9.88 Å². The lowest BCUT2D eigenvalue weighted by Gasteiger charge is -2.31. The molecule has 0 saturated carbocycles. The first kappa shape index (κ1) is 17.6. The average Bonchev–Trinajstić information content (AvgIpc) is 3.10. The van der Waals surface area contributed by atoms with E-state index in [0.29, 0.717) is 31.7 Å². The summed E-state index contributed by atoms with van der Waals surface area (Å²) in [6, 6.07) is 5.78. The van der Waals surface area contributed by atoms with Gasteiger partial charge in [-0.3, -0.25) is 9.59 Å². The molecule has 0 radical (unpaired) electrons. The summed E-state index contributed by atoms with van der Waals surface area (Å²) in [7, 11) is 0. The van der Waals surface area contributed by atoms with Gasteiger partial charge < -0.3 is 10.2 Å². The lowest BCUT2D eigenvalue weighted by molar-refractivity contribution is -0.121. The van der Waals surface area contributed by atoms with E-state index in [1.165, 1.54) is 11.3 Å². The molecule has 3 rings (SSSR count). The van der Waals surface area contributed by atoms with Gasteiger partial charge in [0.15, 0.2) is 0 Å². The number of nitrogens with one attached hydrogen (secondary N) is 1. The van der Waals surface area contributed by atoms with Crippen LogP contribution >= 0.6 is 11.3 Å². The fourth-order valence-corrected chi connectivity index (χ4v) is 4.08. The van der Waals surface area contributed by atoms with Gasteiger partial charge in [-0.05, 0) is 60.9 Å². The van der Waals surface area contributed by atoms with Gasteiger partial charge in [-0.2, -0.15) is 0 Å². The Balaban J connectivity index is 1.56. The van der Waals surface area contributed by atoms with Gasteiger partial charge >= 0.3 is 0 Å². The Hall–Kier alpha value is -2.21. The van der Waals surface area contributed by atoms with Gasteiger partial charge in [0.25, 0.3) is 5.91 Å². The largest absolute Gasteiger partial charge is 0.338 e. The molecule has 0 aliphatic carbocycles. The summed E-state index contributed by atoms with van der Waals surface area (Å²) < 4.78 is 0. The van der Waals surface area contributed by atoms with Crippen LogP contribution in [0.4, 0.5) is 5.82 Å². The molecule has 0 aromatic carbocycles. The third kappa shape index (κ3) is 4.07. The van der Waals surface area contributed by atoms with E-state index < -0.39 is 0 Å². The molecule has 1 aliphatic rings. The number of likely N-dealkylation sites (tertiary alicyclic amines) is 1. The van der Waals surface area contributed by atoms with Crippen molar-refractivity contribution in [3.63, 3.8) is 0 Å². The zero-order chi connectivity index (χ0) is 17.8. The van der Waals surface area contributed by atoms with Crippen LogP contribution in [-0.2, 0) is 11.2 Å². The minimum absolute atomic E-state index is 0.00410. The highest BCUT2D eigenvalue weighted by molar-refractivity contribution is 7.12. The summed E-state index contributed by atoms with van der Waals surface area (Å²) >= 11 is 1.51. The fraction of sp³-hybridized carbons (Fsp3) is 0.421. The minimum atomic E-state index is -0.0691. The zero-order valence-corrected chi connectivity index (χ0v) is 15.4. The van der Waals surface area contributed by atoms with Crippen molar-refractivity contribution in [3.8, 4) is 0 Å². The normalized spacial score (nSPS) is 15.2. The first-order chi connectivity index (χ1) is 12.1. The van der Waals surface area contributed by atoms with E-state index in [0.717, 1.165) is 22.4 Å². The summed E-state index contributed by atoms with van der Waals surface area (Å²) in [5.74, 6) is 0.622. The van der Waals surface area contributed by atoms with Crippen molar-refractivity contribution in [3.05, 3.63) is 45.8 Å². The van der Waals surface area contributed by atoms with Crippen molar-refractivity contribution in [2.45, 2.75) is 33.1 Å². The highest BCUT2D eigenvalue weighted by Gasteiger charge is 2.29. The number of thiophene rings is 1. The van der Waals surface area contributed by atoms with Crippen LogP contribution < -0.4 is 5.32 Å². The highest BCUT2D eigenvalue weighted by Crippen LogP contribution is 2.24. The Bertz CT molecular complexity index is 764. The fourth-order valence-electron chi connectivity index (χ4n) is 3.12. The Morgan fingerprint density at radius 2 is 2.08 bits per heavy atom. The maximum Gasteiger partial charge on any atom is 0.264 e. The molecular weight excluding hydrogens is 334 g/mol. The standard InChI is InChI=1S/C19H23N3O2S/c1-3-14-7-11-25-17(14)19(24)22-9-5-15(6-10-22)18(23)21-16-12-13(2)4-8-20-16/h4,7-8,11-12,15H,3,5-6,9-10H2,1-2H3,(H,20,21,23). The Morgan fingerprint density at radius 1 is 1.32 bits per heavy atom. The third-order valence-corrected chi connectivity index (χ3v) is 5.59. The molecule has 2 aromatic rings. The Kier molecular flexibility index (Phi) is 5.48. The number of aryl methyl sites for hydroxylation is 2. The van der Waals surface area contributed by atoms with Gasteiger partial charge in [0.05, 0.1) is 4.88 Å². The smallest absolute Gasteiger partial charge is 0.264 e. The minimum Gasteiger partial charge on any atom is -0.338 e. The number of hydrogen-bond donors (Lipinski definition) is 1. The molecule has 0 bridgehead atoms. The summed E-state index contributed by atoms with van der Waals surface area (Å²) in [6.07, 6.45) is 3.94. The average molecular weight is 357 g/mol. The molecule has 2 amide bonds. The van der Waals surface area contributed by atoms with Crippen molar-refractivity contribution >= 4 is 29.0 Å². The Morgan fingerprint density at radius 3 is 2.76 bits per heavy atom. The lowest BCUT2D eigenvalue weighted by Crippen LogP contribution is -2.41. The van der Waals surface area contributed by atoms with E-state index in [-0.39, 0.29) is 17.7 Å². The van der Waals surface area contributed by atoms with Crippen LogP contribution in [0.2, 0.25) is 0 Å². The molecular formula is C19H23N3O2S. The SMILES string of the molecule is CCc1ccsc1C(=O)N1CCC(C(=O)Nc2cc(C)ccn2)CC1. The molecule has 132 valence electrons. The quantitative estimate of drug-likeness (QED) is 0.911. The number of pyridine rings is 1. The van der Waals surface area contributed by atoms with Crippen LogP contribution in [0.25, 0.3) is 0 Å². The second kappa shape index (κ2) is 7.78. The first-order valence-corrected chi connectivity index (χ1v) is 9.55. The molecule has 1 fully saturated rings. The summed E-state index contributed by atoms with van der Waals surface area (Å²) in [5.41, 5.74) is 2.17. The van der Waals surface area contributed by atoms with E-state index in [2.05, 4.69) is 17.2 Å². The number of carbonyl (C=O) groups excluding carboxylic acids is 2. The molecule has 5 nitrogen and oxygen atoms in total. The topological polar surface area (TPSA) is 62.3 Å². The summed E-state index contributed by atoms with van der Waals surface area (Å²) in [6.45, 7) is 5.28. The molecule has 1 saturated heterocycles. The molecule has 3 heterocycles. The second-order valence-electron chi connectivity index (χ2n) is 6.40. The van der Waals surface area contributed by atoms with E-state index in [1.807, 2.05) is 35.4 Å². The number of hydrogen-bond acceptors (Lipinski definition) is 4. The molecule has 0 spiro atoms. The van der Waals surface area contributed by atoms with E-state index in [1.54, 1.807) is 6.20 Å². The van der Waals surface area contributed by atoms with E-state index >= 15 is 0 Å². The maximum absolute atomic E-state index is 12.7. The van der Waals surface area contributed by atoms with Gasteiger partial charge in [-0.25, -0.2) is 4.98 Å². The number of amides is 2. The molecule has 2 aromatic heterocycles. The van der Waals surface area contributed by atoms with Crippen LogP contribution in [0.1, 0.15) is 40.6 Å². The predicted molar refractivity (Wildman–Crippen MR) is 99.9 cm³/mol. The molecule has 0 unspecified atom stereocenters. The van der Waals surface area contributed by atoms with Gasteiger partial charge in [-0.1, -0.05) is 6.92 Å². The predicted octanol–water partition coefficient (Wildman–Crippen LogP) is 3.50. The monoisotopic (exact) mass is 357 g/mol. The molecule has 0 atom stereocenters. The maximum atomic E-state index is 12.7. The molecule has 6 heteroatoms. The Labute approximate surface area is 152 Å². The molecule has 25 heavy (non-hydrogen) atoms. The van der Waals surface area contributed by atoms with Crippen LogP contribution in [0, 0.1) is 12.8 Å². The number of nitrogens with zero attached hydrogens (tertiary/aromatic N) is 2. The number of anilines is 1. The van der Waals surface area contributed by atoms with Crippen LogP contribution in [0.15, 0.2) is 29.8 Å². The van der Waals surface area contributed by atoms with E-state index in [9.17, 15) is 9.59 Å². The summed E-state index contributed by atoms with van der Waals surface area (Å²) in [5, 5.41) is 4.86. The third-order valence-electron chi connectivity index (χ3n) is 4.64. The number of carbonyl (C=O) groups is 2. The molecule has 1 N–H and O–H groups in total. The number of piperidine rings is 1. The van der Waals surface area contributed by atoms with Crippen molar-refractivity contribution in [2.75, 3.05) is 18.4 Å². The van der Waals surface area contributed by atoms with Crippen LogP contribution in [0.3, 0.4) is 0 Å². The number of aromatic nitrogens is 1. The van der Waals surface area contributed by atoms with Gasteiger partial charge in [-0.15, -0.1) is 11.3 Å². The van der Waals surface area contributed by atoms with Gasteiger partial charge in [0.2, 0.25) is 5.91 Å². The zero-order valence-electron chi connectivity index (χ0n) is 14.6. The van der Waals surface area contributed by atoms with Gasteiger partial charge in [0.1, 0.15) is 5.82 Å². The van der Waals surface area contributed by atoms with Crippen LogP contribution in [-0.4, -0.2) is 34.8 Å². The van der Waals surface area contributed by atoms with Crippen molar-refractivity contribution in [2.24, 2.45) is 5.92 Å². The summed E-state index contributed by atoms with van der Waals surface area (Å²) in [4.78, 5) is 32.0. The van der Waals surface area contributed by atoms with Gasteiger partial charge in [0, 0.05) is 25.2 Å². The van der Waals surface area contributed by atoms with Crippen molar-refractivity contribution in [1.29, 1.82) is 0 Å². The first-order valence-electron chi connectivity index (χ1n) is 8.67. The number of rotatable bonds is 4. The molecule has 1 aliphatic heterocycles. The lowest BCUT2D eigenvalue weighted by atomic mass is 9.95. The van der Waals surface area contributed by atoms with E-state index in [4.69, 9.17) is 0 Å².